The monoisotopic (exact) mass is 232 g/mol. The van der Waals surface area contributed by atoms with Crippen molar-refractivity contribution in [3.05, 3.63) is 35.9 Å². The summed E-state index contributed by atoms with van der Waals surface area (Å²) in [5.74, 6) is -0.599. The van der Waals surface area contributed by atoms with Gasteiger partial charge in [0.15, 0.2) is 0 Å². The van der Waals surface area contributed by atoms with Crippen LogP contribution in [0.3, 0.4) is 0 Å². The highest BCUT2D eigenvalue weighted by molar-refractivity contribution is 6.06. The molecule has 1 aliphatic rings. The van der Waals surface area contributed by atoms with Crippen LogP contribution in [0.15, 0.2) is 30.3 Å². The maximum absolute atomic E-state index is 11.9. The van der Waals surface area contributed by atoms with Crippen molar-refractivity contribution in [2.24, 2.45) is 0 Å². The van der Waals surface area contributed by atoms with Crippen LogP contribution in [0.4, 0.5) is 4.79 Å². The van der Waals surface area contributed by atoms with Crippen LogP contribution in [0.25, 0.3) is 0 Å². The average molecular weight is 232 g/mol. The van der Waals surface area contributed by atoms with Crippen molar-refractivity contribution < 1.29 is 14.4 Å². The van der Waals surface area contributed by atoms with Crippen molar-refractivity contribution >= 4 is 17.7 Å². The van der Waals surface area contributed by atoms with E-state index in [9.17, 15) is 14.4 Å². The number of benzene rings is 1. The summed E-state index contributed by atoms with van der Waals surface area (Å²) in [5.41, 5.74) is 0.719. The topological polar surface area (TPSA) is 66.5 Å². The SMILES string of the molecule is CC(=O)CN1C(=O)NC(c2ccccc2)C1=O. The summed E-state index contributed by atoms with van der Waals surface area (Å²) in [5, 5.41) is 2.56. The zero-order valence-corrected chi connectivity index (χ0v) is 9.34. The Labute approximate surface area is 98.4 Å². The number of nitrogens with one attached hydrogen (secondary N) is 1. The van der Waals surface area contributed by atoms with E-state index in [2.05, 4.69) is 5.32 Å². The Morgan fingerprint density at radius 3 is 2.53 bits per heavy atom. The van der Waals surface area contributed by atoms with Crippen molar-refractivity contribution in [2.45, 2.75) is 13.0 Å². The van der Waals surface area contributed by atoms with Crippen LogP contribution in [0.2, 0.25) is 0 Å². The lowest BCUT2D eigenvalue weighted by Gasteiger charge is -2.10. The second-order valence-electron chi connectivity index (χ2n) is 3.92. The quantitative estimate of drug-likeness (QED) is 0.786. The number of carbonyl (C=O) groups excluding carboxylic acids is 3. The normalized spacial score (nSPS) is 19.4. The summed E-state index contributed by atoms with van der Waals surface area (Å²) in [6.45, 7) is 1.17. The molecule has 1 unspecified atom stereocenters. The van der Waals surface area contributed by atoms with Gasteiger partial charge in [-0.15, -0.1) is 0 Å². The molecule has 17 heavy (non-hydrogen) atoms. The Kier molecular flexibility index (Phi) is 2.91. The number of urea groups is 1. The summed E-state index contributed by atoms with van der Waals surface area (Å²) < 4.78 is 0. The molecule has 1 aromatic rings. The van der Waals surface area contributed by atoms with Gasteiger partial charge < -0.3 is 5.32 Å². The number of hydrogen-bond acceptors (Lipinski definition) is 3. The molecule has 1 aliphatic heterocycles. The molecule has 0 aliphatic carbocycles. The summed E-state index contributed by atoms with van der Waals surface area (Å²) >= 11 is 0. The molecule has 0 radical (unpaired) electrons. The fraction of sp³-hybridized carbons (Fsp3) is 0.250. The lowest BCUT2D eigenvalue weighted by molar-refractivity contribution is -0.131. The van der Waals surface area contributed by atoms with Gasteiger partial charge in [-0.2, -0.15) is 0 Å². The average Bonchev–Trinajstić information content (AvgIpc) is 2.58. The maximum Gasteiger partial charge on any atom is 0.325 e. The predicted molar refractivity (Wildman–Crippen MR) is 60.1 cm³/mol. The van der Waals surface area contributed by atoms with Crippen molar-refractivity contribution in [1.29, 1.82) is 0 Å². The molecule has 1 N–H and O–H groups in total. The summed E-state index contributed by atoms with van der Waals surface area (Å²) in [6, 6.07) is 7.76. The van der Waals surface area contributed by atoms with E-state index in [0.29, 0.717) is 0 Å². The number of Topliss-reactive ketones (excluding diaryl/α,β-unsaturated/α-hetero) is 1. The van der Waals surface area contributed by atoms with Crippen LogP contribution in [0.5, 0.6) is 0 Å². The van der Waals surface area contributed by atoms with Gasteiger partial charge >= 0.3 is 6.03 Å². The minimum Gasteiger partial charge on any atom is -0.322 e. The van der Waals surface area contributed by atoms with Crippen molar-refractivity contribution in [3.8, 4) is 0 Å². The minimum absolute atomic E-state index is 0.173. The number of imide groups is 1. The standard InChI is InChI=1S/C12H12N2O3/c1-8(15)7-14-11(16)10(13-12(14)17)9-5-3-2-4-6-9/h2-6,10H,7H2,1H3,(H,13,17). The van der Waals surface area contributed by atoms with E-state index >= 15 is 0 Å². The van der Waals surface area contributed by atoms with Crippen LogP contribution < -0.4 is 5.32 Å². The number of rotatable bonds is 3. The molecule has 1 saturated heterocycles. The van der Waals surface area contributed by atoms with E-state index in [1.165, 1.54) is 6.92 Å². The molecule has 3 amide bonds. The van der Waals surface area contributed by atoms with Gasteiger partial charge in [0.25, 0.3) is 5.91 Å². The molecule has 2 rings (SSSR count). The smallest absolute Gasteiger partial charge is 0.322 e. The molecule has 1 heterocycles. The molecule has 0 bridgehead atoms. The highest BCUT2D eigenvalue weighted by Gasteiger charge is 2.39. The lowest BCUT2D eigenvalue weighted by Crippen LogP contribution is -2.34. The van der Waals surface area contributed by atoms with Crippen LogP contribution in [0.1, 0.15) is 18.5 Å². The largest absolute Gasteiger partial charge is 0.325 e. The first-order valence-electron chi connectivity index (χ1n) is 5.26. The third-order valence-corrected chi connectivity index (χ3v) is 2.54. The predicted octanol–water partition coefficient (Wildman–Crippen LogP) is 0.869. The molecule has 1 atom stereocenters. The molecule has 1 aromatic carbocycles. The van der Waals surface area contributed by atoms with Gasteiger partial charge in [-0.1, -0.05) is 30.3 Å². The van der Waals surface area contributed by atoms with Gasteiger partial charge in [0.2, 0.25) is 0 Å². The Morgan fingerprint density at radius 2 is 1.94 bits per heavy atom. The van der Waals surface area contributed by atoms with Gasteiger partial charge in [0, 0.05) is 0 Å². The van der Waals surface area contributed by atoms with Gasteiger partial charge in [-0.25, -0.2) is 4.79 Å². The fourth-order valence-electron chi connectivity index (χ4n) is 1.76. The molecule has 5 nitrogen and oxygen atoms in total. The zero-order chi connectivity index (χ0) is 12.4. The third kappa shape index (κ3) is 2.18. The van der Waals surface area contributed by atoms with Crippen molar-refractivity contribution in [1.82, 2.24) is 10.2 Å². The van der Waals surface area contributed by atoms with Crippen molar-refractivity contribution in [2.75, 3.05) is 6.54 Å². The van der Waals surface area contributed by atoms with Crippen LogP contribution in [-0.2, 0) is 9.59 Å². The van der Waals surface area contributed by atoms with Crippen LogP contribution in [0, 0.1) is 0 Å². The highest BCUT2D eigenvalue weighted by Crippen LogP contribution is 2.21. The number of ketones is 1. The number of carbonyl (C=O) groups is 3. The second kappa shape index (κ2) is 4.37. The first-order chi connectivity index (χ1) is 8.09. The van der Waals surface area contributed by atoms with Gasteiger partial charge in [-0.05, 0) is 12.5 Å². The van der Waals surface area contributed by atoms with E-state index in [1.54, 1.807) is 24.3 Å². The first kappa shape index (κ1) is 11.3. The van der Waals surface area contributed by atoms with E-state index in [1.807, 2.05) is 6.07 Å². The minimum atomic E-state index is -0.678. The molecule has 5 heteroatoms. The van der Waals surface area contributed by atoms with Gasteiger partial charge in [0.1, 0.15) is 11.8 Å². The molecule has 0 saturated carbocycles. The van der Waals surface area contributed by atoms with E-state index < -0.39 is 12.1 Å². The number of nitrogens with zero attached hydrogens (tertiary/aromatic N) is 1. The summed E-state index contributed by atoms with van der Waals surface area (Å²) in [7, 11) is 0. The fourth-order valence-corrected chi connectivity index (χ4v) is 1.76. The molecular weight excluding hydrogens is 220 g/mol. The molecule has 0 spiro atoms. The summed E-state index contributed by atoms with van der Waals surface area (Å²) in [4.78, 5) is 35.4. The van der Waals surface area contributed by atoms with Gasteiger partial charge in [0.05, 0.1) is 6.54 Å². The molecule has 88 valence electrons. The highest BCUT2D eigenvalue weighted by atomic mass is 16.2. The van der Waals surface area contributed by atoms with Crippen LogP contribution >= 0.6 is 0 Å². The zero-order valence-electron chi connectivity index (χ0n) is 9.34. The second-order valence-corrected chi connectivity index (χ2v) is 3.92. The van der Waals surface area contributed by atoms with E-state index in [4.69, 9.17) is 0 Å². The maximum atomic E-state index is 11.9. The number of amides is 3. The van der Waals surface area contributed by atoms with Gasteiger partial charge in [-0.3, -0.25) is 14.5 Å². The first-order valence-corrected chi connectivity index (χ1v) is 5.26. The summed E-state index contributed by atoms with van der Waals surface area (Å²) in [6.07, 6.45) is 0. The Morgan fingerprint density at radius 1 is 1.29 bits per heavy atom. The Bertz CT molecular complexity index is 470. The Balaban J connectivity index is 2.22. The van der Waals surface area contributed by atoms with Crippen LogP contribution in [-0.4, -0.2) is 29.2 Å². The van der Waals surface area contributed by atoms with E-state index in [0.717, 1.165) is 10.5 Å². The molecule has 0 aromatic heterocycles. The third-order valence-electron chi connectivity index (χ3n) is 2.54. The van der Waals surface area contributed by atoms with E-state index in [-0.39, 0.29) is 18.2 Å². The molecule has 1 fully saturated rings. The lowest BCUT2D eigenvalue weighted by atomic mass is 10.1. The molecular formula is C12H12N2O3. The number of hydrogen-bond donors (Lipinski definition) is 1. The Hall–Kier alpha value is -2.17. The van der Waals surface area contributed by atoms with Crippen molar-refractivity contribution in [3.63, 3.8) is 0 Å².